The van der Waals surface area contributed by atoms with Crippen LogP contribution in [0.3, 0.4) is 0 Å². The number of rotatable bonds is 7. The van der Waals surface area contributed by atoms with E-state index in [1.54, 1.807) is 0 Å². The summed E-state index contributed by atoms with van der Waals surface area (Å²) in [5, 5.41) is 4.59. The Morgan fingerprint density at radius 1 is 0.296 bits per heavy atom. The number of anilines is 3. The van der Waals surface area contributed by atoms with Crippen LogP contribution in [-0.2, 0) is 0 Å². The summed E-state index contributed by atoms with van der Waals surface area (Å²) in [4.78, 5) is 2.40. The second kappa shape index (κ2) is 13.4. The molecule has 1 heterocycles. The van der Waals surface area contributed by atoms with E-state index in [2.05, 4.69) is 205 Å². The Morgan fingerprint density at radius 3 is 1.70 bits per heavy atom. The molecule has 254 valence electrons. The van der Waals surface area contributed by atoms with Gasteiger partial charge in [-0.1, -0.05) is 170 Å². The van der Waals surface area contributed by atoms with Crippen molar-refractivity contribution < 1.29 is 4.42 Å². The van der Waals surface area contributed by atoms with Crippen LogP contribution in [0.2, 0.25) is 0 Å². The zero-order chi connectivity index (χ0) is 35.8. The van der Waals surface area contributed by atoms with Gasteiger partial charge in [0.05, 0.1) is 11.4 Å². The first-order valence-corrected chi connectivity index (χ1v) is 18.4. The summed E-state index contributed by atoms with van der Waals surface area (Å²) in [6.45, 7) is 0. The Labute approximate surface area is 314 Å². The third kappa shape index (κ3) is 5.53. The van der Waals surface area contributed by atoms with Crippen LogP contribution in [0.1, 0.15) is 0 Å². The molecule has 0 aliphatic rings. The van der Waals surface area contributed by atoms with E-state index in [-0.39, 0.29) is 0 Å². The van der Waals surface area contributed by atoms with Gasteiger partial charge in [-0.2, -0.15) is 0 Å². The van der Waals surface area contributed by atoms with Crippen molar-refractivity contribution in [3.63, 3.8) is 0 Å². The van der Waals surface area contributed by atoms with Crippen molar-refractivity contribution in [2.24, 2.45) is 0 Å². The molecule has 2 heteroatoms. The molecule has 0 saturated heterocycles. The highest BCUT2D eigenvalue weighted by atomic mass is 16.3. The fourth-order valence-electron chi connectivity index (χ4n) is 7.96. The number of para-hydroxylation sites is 2. The van der Waals surface area contributed by atoms with E-state index in [0.29, 0.717) is 0 Å². The van der Waals surface area contributed by atoms with Crippen molar-refractivity contribution in [1.29, 1.82) is 0 Å². The minimum atomic E-state index is 0.863. The predicted molar refractivity (Wildman–Crippen MR) is 228 cm³/mol. The molecule has 1 aromatic heterocycles. The molecule has 0 bridgehead atoms. The normalized spacial score (nSPS) is 11.3. The smallest absolute Gasteiger partial charge is 0.137 e. The lowest BCUT2D eigenvalue weighted by molar-refractivity contribution is 0.669. The highest BCUT2D eigenvalue weighted by molar-refractivity contribution is 6.08. The van der Waals surface area contributed by atoms with Crippen molar-refractivity contribution in [3.05, 3.63) is 212 Å². The maximum absolute atomic E-state index is 6.47. The van der Waals surface area contributed by atoms with Crippen molar-refractivity contribution in [2.75, 3.05) is 4.90 Å². The van der Waals surface area contributed by atoms with Gasteiger partial charge in [0.2, 0.25) is 0 Å². The Bertz CT molecular complexity index is 2940. The lowest BCUT2D eigenvalue weighted by Gasteiger charge is -2.29. The maximum Gasteiger partial charge on any atom is 0.137 e. The zero-order valence-corrected chi connectivity index (χ0v) is 29.6. The third-order valence-electron chi connectivity index (χ3n) is 10.5. The van der Waals surface area contributed by atoms with E-state index in [1.807, 2.05) is 12.1 Å². The second-order valence-corrected chi connectivity index (χ2v) is 13.7. The van der Waals surface area contributed by atoms with Crippen LogP contribution < -0.4 is 4.90 Å². The fraction of sp³-hybridized carbons (Fsp3) is 0. The second-order valence-electron chi connectivity index (χ2n) is 13.7. The third-order valence-corrected chi connectivity index (χ3v) is 10.5. The first kappa shape index (κ1) is 31.6. The van der Waals surface area contributed by atoms with Crippen LogP contribution in [0.5, 0.6) is 0 Å². The van der Waals surface area contributed by atoms with Gasteiger partial charge in [0.25, 0.3) is 0 Å². The summed E-state index contributed by atoms with van der Waals surface area (Å²) in [5.41, 5.74) is 14.4. The molecule has 0 N–H and O–H groups in total. The first-order valence-electron chi connectivity index (χ1n) is 18.4. The lowest BCUT2D eigenvalue weighted by atomic mass is 9.87. The Balaban J connectivity index is 1.22. The molecule has 0 fully saturated rings. The predicted octanol–water partition coefficient (Wildman–Crippen LogP) is 14.9. The zero-order valence-electron chi connectivity index (χ0n) is 29.6. The summed E-state index contributed by atoms with van der Waals surface area (Å²) >= 11 is 0. The van der Waals surface area contributed by atoms with Crippen LogP contribution in [0.25, 0.3) is 77.2 Å². The lowest BCUT2D eigenvalue weighted by Crippen LogP contribution is -2.12. The number of fused-ring (bicyclic) bond motifs is 4. The molecular weight excluding hydrogens is 655 g/mol. The molecule has 10 rings (SSSR count). The largest absolute Gasteiger partial charge is 0.456 e. The molecule has 0 spiro atoms. The molecule has 0 saturated carbocycles. The van der Waals surface area contributed by atoms with Crippen LogP contribution in [0.15, 0.2) is 217 Å². The van der Waals surface area contributed by atoms with Gasteiger partial charge in [0, 0.05) is 33.5 Å². The molecule has 2 nitrogen and oxygen atoms in total. The average molecular weight is 690 g/mol. The number of benzene rings is 9. The summed E-state index contributed by atoms with van der Waals surface area (Å²) in [6, 6.07) is 76.0. The van der Waals surface area contributed by atoms with Crippen molar-refractivity contribution in [2.45, 2.75) is 0 Å². The molecule has 0 aliphatic heterocycles. The minimum absolute atomic E-state index is 0.863. The Morgan fingerprint density at radius 2 is 0.889 bits per heavy atom. The molecule has 0 amide bonds. The van der Waals surface area contributed by atoms with Crippen LogP contribution in [0.4, 0.5) is 17.1 Å². The fourth-order valence-corrected chi connectivity index (χ4v) is 7.96. The molecule has 0 radical (unpaired) electrons. The molecule has 54 heavy (non-hydrogen) atoms. The van der Waals surface area contributed by atoms with Gasteiger partial charge in [-0.3, -0.25) is 0 Å². The number of furan rings is 1. The maximum atomic E-state index is 6.47. The van der Waals surface area contributed by atoms with Gasteiger partial charge < -0.3 is 9.32 Å². The summed E-state index contributed by atoms with van der Waals surface area (Å²) in [7, 11) is 0. The van der Waals surface area contributed by atoms with Gasteiger partial charge >= 0.3 is 0 Å². The standard InChI is InChI=1S/C52H35NO/c1-3-16-36(17-4-1)39-30-32-41(37-18-5-2-6-19-37)48(34-39)44-24-10-9-23-43(44)45-25-11-13-27-50(45)53(49-28-15-21-38-20-7-8-22-42(38)49)40-31-33-47-46-26-12-14-29-51(46)54-52(47)35-40/h1-35H. The number of nitrogens with zero attached hydrogens (tertiary/aromatic N) is 1. The van der Waals surface area contributed by atoms with E-state index < -0.39 is 0 Å². The molecule has 9 aromatic carbocycles. The molecule has 0 atom stereocenters. The van der Waals surface area contributed by atoms with Gasteiger partial charge in [0.1, 0.15) is 11.2 Å². The highest BCUT2D eigenvalue weighted by Crippen LogP contribution is 2.48. The van der Waals surface area contributed by atoms with Crippen LogP contribution in [-0.4, -0.2) is 0 Å². The molecular formula is C52H35NO. The van der Waals surface area contributed by atoms with Crippen LogP contribution in [0, 0.1) is 0 Å². The molecule has 0 unspecified atom stereocenters. The quantitative estimate of drug-likeness (QED) is 0.166. The van der Waals surface area contributed by atoms with E-state index >= 15 is 0 Å². The first-order chi connectivity index (χ1) is 26.8. The van der Waals surface area contributed by atoms with Crippen LogP contribution >= 0.6 is 0 Å². The van der Waals surface area contributed by atoms with Crippen molar-refractivity contribution >= 4 is 49.8 Å². The van der Waals surface area contributed by atoms with Gasteiger partial charge in [-0.05, 0) is 80.7 Å². The van der Waals surface area contributed by atoms with Gasteiger partial charge in [0.15, 0.2) is 0 Å². The summed E-state index contributed by atoms with van der Waals surface area (Å²) in [6.07, 6.45) is 0. The van der Waals surface area contributed by atoms with E-state index in [1.165, 1.54) is 44.2 Å². The Hall–Kier alpha value is -7.16. The number of hydrogen-bond donors (Lipinski definition) is 0. The Kier molecular flexibility index (Phi) is 7.85. The van der Waals surface area contributed by atoms with E-state index in [0.717, 1.165) is 50.1 Å². The van der Waals surface area contributed by atoms with E-state index in [9.17, 15) is 0 Å². The average Bonchev–Trinajstić information content (AvgIpc) is 3.62. The van der Waals surface area contributed by atoms with Crippen molar-refractivity contribution in [3.8, 4) is 44.5 Å². The van der Waals surface area contributed by atoms with Gasteiger partial charge in [-0.25, -0.2) is 0 Å². The van der Waals surface area contributed by atoms with Gasteiger partial charge in [-0.15, -0.1) is 0 Å². The molecule has 10 aromatic rings. The van der Waals surface area contributed by atoms with Crippen molar-refractivity contribution in [1.82, 2.24) is 0 Å². The number of hydrogen-bond acceptors (Lipinski definition) is 2. The highest BCUT2D eigenvalue weighted by Gasteiger charge is 2.22. The summed E-state index contributed by atoms with van der Waals surface area (Å²) < 4.78 is 6.47. The minimum Gasteiger partial charge on any atom is -0.456 e. The molecule has 0 aliphatic carbocycles. The monoisotopic (exact) mass is 689 g/mol. The topological polar surface area (TPSA) is 16.4 Å². The van der Waals surface area contributed by atoms with E-state index in [4.69, 9.17) is 4.42 Å². The SMILES string of the molecule is c1ccc(-c2ccc(-c3ccccc3)c(-c3ccccc3-c3ccccc3N(c3ccc4c(c3)oc3ccccc34)c3cccc4ccccc34)c2)cc1. The summed E-state index contributed by atoms with van der Waals surface area (Å²) in [5.74, 6) is 0.